The van der Waals surface area contributed by atoms with Crippen molar-refractivity contribution in [3.05, 3.63) is 44.9 Å². The van der Waals surface area contributed by atoms with Crippen LogP contribution >= 0.6 is 15.9 Å². The monoisotopic (exact) mass is 358 g/mol. The Kier molecular flexibility index (Phi) is 4.86. The van der Waals surface area contributed by atoms with Gasteiger partial charge in [0.25, 0.3) is 5.69 Å². The molecule has 0 aliphatic heterocycles. The number of nitrogens with one attached hydrogen (secondary N) is 1. The zero-order valence-corrected chi connectivity index (χ0v) is 12.6. The van der Waals surface area contributed by atoms with Crippen LogP contribution < -0.4 is 5.32 Å². The molecule has 0 bridgehead atoms. The second kappa shape index (κ2) is 6.64. The summed E-state index contributed by atoms with van der Waals surface area (Å²) in [4.78, 5) is 10.4. The van der Waals surface area contributed by atoms with E-state index in [4.69, 9.17) is 4.74 Å². The minimum atomic E-state index is -0.588. The highest BCUT2D eigenvalue weighted by Gasteiger charge is 2.18. The predicted octanol–water partition coefficient (Wildman–Crippen LogP) is 3.08. The second-order valence-electron chi connectivity index (χ2n) is 4.15. The normalized spacial score (nSPS) is 10.6. The van der Waals surface area contributed by atoms with Gasteiger partial charge < -0.3 is 10.1 Å². The van der Waals surface area contributed by atoms with Crippen molar-refractivity contribution in [3.63, 3.8) is 0 Å². The van der Waals surface area contributed by atoms with E-state index in [0.29, 0.717) is 18.8 Å². The van der Waals surface area contributed by atoms with Gasteiger partial charge in [-0.05, 0) is 15.9 Å². The topological polar surface area (TPSA) is 82.2 Å². The van der Waals surface area contributed by atoms with Gasteiger partial charge in [0.2, 0.25) is 0 Å². The summed E-state index contributed by atoms with van der Waals surface area (Å²) in [5.41, 5.74) is 0.357. The molecule has 0 saturated carbocycles. The average Bonchev–Trinajstić information content (AvgIpc) is 2.87. The van der Waals surface area contributed by atoms with Gasteiger partial charge in [0.15, 0.2) is 0 Å². The molecule has 112 valence electrons. The molecular weight excluding hydrogens is 347 g/mol. The van der Waals surface area contributed by atoms with E-state index in [1.54, 1.807) is 18.0 Å². The number of ether oxygens (including phenoxy) is 1. The summed E-state index contributed by atoms with van der Waals surface area (Å²) in [5, 5.41) is 17.9. The summed E-state index contributed by atoms with van der Waals surface area (Å²) in [6.07, 6.45) is 3.15. The Hall–Kier alpha value is -2.00. The van der Waals surface area contributed by atoms with E-state index in [1.807, 2.05) is 0 Å². The first-order chi connectivity index (χ1) is 10.0. The molecule has 0 atom stereocenters. The van der Waals surface area contributed by atoms with Gasteiger partial charge in [0.1, 0.15) is 11.5 Å². The van der Waals surface area contributed by atoms with Crippen molar-refractivity contribution in [1.29, 1.82) is 0 Å². The predicted molar refractivity (Wildman–Crippen MR) is 78.1 cm³/mol. The highest BCUT2D eigenvalue weighted by Crippen LogP contribution is 2.32. The Bertz CT molecular complexity index is 662. The van der Waals surface area contributed by atoms with Crippen LogP contribution in [0.3, 0.4) is 0 Å². The van der Waals surface area contributed by atoms with Gasteiger partial charge >= 0.3 is 0 Å². The van der Waals surface area contributed by atoms with Crippen molar-refractivity contribution in [3.8, 4) is 0 Å². The lowest BCUT2D eigenvalue weighted by atomic mass is 10.2. The van der Waals surface area contributed by atoms with E-state index in [0.717, 1.165) is 12.1 Å². The second-order valence-corrected chi connectivity index (χ2v) is 5.00. The molecule has 2 rings (SSSR count). The SMILES string of the molecule is COCCn1cc(Nc2cc(F)c(Br)cc2[N+](=O)[O-])cn1. The smallest absolute Gasteiger partial charge is 0.294 e. The molecular formula is C12H12BrFN4O3. The molecule has 0 spiro atoms. The number of halogens is 2. The third-order valence-corrected chi connectivity index (χ3v) is 3.28. The number of aromatic nitrogens is 2. The summed E-state index contributed by atoms with van der Waals surface area (Å²) >= 11 is 2.93. The van der Waals surface area contributed by atoms with Gasteiger partial charge in [-0.2, -0.15) is 5.10 Å². The maximum absolute atomic E-state index is 13.6. The minimum Gasteiger partial charge on any atom is -0.383 e. The van der Waals surface area contributed by atoms with Gasteiger partial charge in [-0.1, -0.05) is 0 Å². The third-order valence-electron chi connectivity index (χ3n) is 2.67. The first-order valence-electron chi connectivity index (χ1n) is 5.93. The Labute approximate surface area is 128 Å². The zero-order valence-electron chi connectivity index (χ0n) is 11.0. The van der Waals surface area contributed by atoms with Gasteiger partial charge in [-0.3, -0.25) is 14.8 Å². The molecule has 0 fully saturated rings. The molecule has 9 heteroatoms. The van der Waals surface area contributed by atoms with Crippen LogP contribution in [0.4, 0.5) is 21.5 Å². The third kappa shape index (κ3) is 3.76. The fraction of sp³-hybridized carbons (Fsp3) is 0.250. The molecule has 1 heterocycles. The molecule has 0 amide bonds. The standard InChI is InChI=1S/C12H12BrFN4O3/c1-21-3-2-17-7-8(6-15-17)16-11-5-10(14)9(13)4-12(11)18(19)20/h4-7,16H,2-3H2,1H3. The Morgan fingerprint density at radius 1 is 1.57 bits per heavy atom. The molecule has 1 N–H and O–H groups in total. The summed E-state index contributed by atoms with van der Waals surface area (Å²) in [6, 6.07) is 2.18. The number of nitrogens with zero attached hydrogens (tertiary/aromatic N) is 3. The summed E-state index contributed by atoms with van der Waals surface area (Å²) in [7, 11) is 1.58. The number of nitro groups is 1. The largest absolute Gasteiger partial charge is 0.383 e. The molecule has 0 unspecified atom stereocenters. The number of methoxy groups -OCH3 is 1. The fourth-order valence-electron chi connectivity index (χ4n) is 1.68. The van der Waals surface area contributed by atoms with Crippen molar-refractivity contribution >= 4 is 33.0 Å². The molecule has 0 aliphatic carbocycles. The van der Waals surface area contributed by atoms with E-state index in [-0.39, 0.29) is 15.8 Å². The van der Waals surface area contributed by atoms with Gasteiger partial charge in [0.05, 0.1) is 34.4 Å². The van der Waals surface area contributed by atoms with Crippen LogP contribution in [0.15, 0.2) is 29.0 Å². The molecule has 0 aliphatic rings. The minimum absolute atomic E-state index is 0.0375. The summed E-state index contributed by atoms with van der Waals surface area (Å²) in [5.74, 6) is -0.588. The first kappa shape index (κ1) is 15.4. The van der Waals surface area contributed by atoms with E-state index in [1.165, 1.54) is 6.20 Å². The zero-order chi connectivity index (χ0) is 15.4. The van der Waals surface area contributed by atoms with Gasteiger partial charge in [0, 0.05) is 25.4 Å². The number of nitro benzene ring substituents is 1. The van der Waals surface area contributed by atoms with Crippen LogP contribution in [-0.4, -0.2) is 28.4 Å². The lowest BCUT2D eigenvalue weighted by Crippen LogP contribution is -2.04. The summed E-state index contributed by atoms with van der Waals surface area (Å²) in [6.45, 7) is 1.04. The Morgan fingerprint density at radius 2 is 2.33 bits per heavy atom. The van der Waals surface area contributed by atoms with Crippen molar-refractivity contribution in [2.75, 3.05) is 19.0 Å². The van der Waals surface area contributed by atoms with Crippen LogP contribution in [0.2, 0.25) is 0 Å². The van der Waals surface area contributed by atoms with Crippen LogP contribution in [-0.2, 0) is 11.3 Å². The van der Waals surface area contributed by atoms with Crippen LogP contribution in [0.1, 0.15) is 0 Å². The lowest BCUT2D eigenvalue weighted by molar-refractivity contribution is -0.384. The van der Waals surface area contributed by atoms with Crippen molar-refractivity contribution in [2.24, 2.45) is 0 Å². The number of anilines is 2. The molecule has 0 radical (unpaired) electrons. The van der Waals surface area contributed by atoms with E-state index in [2.05, 4.69) is 26.3 Å². The molecule has 0 saturated heterocycles. The fourth-order valence-corrected chi connectivity index (χ4v) is 2.01. The Balaban J connectivity index is 2.24. The molecule has 7 nitrogen and oxygen atoms in total. The van der Waals surface area contributed by atoms with E-state index >= 15 is 0 Å². The number of hydrogen-bond donors (Lipinski definition) is 1. The molecule has 2 aromatic rings. The lowest BCUT2D eigenvalue weighted by Gasteiger charge is -2.06. The van der Waals surface area contributed by atoms with Crippen LogP contribution in [0, 0.1) is 15.9 Å². The highest BCUT2D eigenvalue weighted by atomic mass is 79.9. The van der Waals surface area contributed by atoms with Gasteiger partial charge in [-0.25, -0.2) is 4.39 Å². The number of hydrogen-bond acceptors (Lipinski definition) is 5. The highest BCUT2D eigenvalue weighted by molar-refractivity contribution is 9.10. The van der Waals surface area contributed by atoms with Crippen LogP contribution in [0.5, 0.6) is 0 Å². The number of benzene rings is 1. The number of rotatable bonds is 6. The maximum Gasteiger partial charge on any atom is 0.294 e. The Morgan fingerprint density at radius 3 is 3.00 bits per heavy atom. The average molecular weight is 359 g/mol. The van der Waals surface area contributed by atoms with Gasteiger partial charge in [-0.15, -0.1) is 0 Å². The molecule has 1 aromatic carbocycles. The van der Waals surface area contributed by atoms with E-state index in [9.17, 15) is 14.5 Å². The summed E-state index contributed by atoms with van der Waals surface area (Å²) < 4.78 is 20.1. The van der Waals surface area contributed by atoms with Crippen LogP contribution in [0.25, 0.3) is 0 Å². The van der Waals surface area contributed by atoms with Crippen molar-refractivity contribution in [1.82, 2.24) is 9.78 Å². The maximum atomic E-state index is 13.6. The quantitative estimate of drug-likeness (QED) is 0.633. The first-order valence-corrected chi connectivity index (χ1v) is 6.72. The van der Waals surface area contributed by atoms with Crippen molar-refractivity contribution < 1.29 is 14.1 Å². The molecule has 1 aromatic heterocycles. The molecule has 21 heavy (non-hydrogen) atoms. The van der Waals surface area contributed by atoms with E-state index < -0.39 is 10.7 Å². The van der Waals surface area contributed by atoms with Crippen molar-refractivity contribution in [2.45, 2.75) is 6.54 Å².